The van der Waals surface area contributed by atoms with E-state index in [-0.39, 0.29) is 11.5 Å². The monoisotopic (exact) mass is 404 g/mol. The van der Waals surface area contributed by atoms with Gasteiger partial charge in [0.1, 0.15) is 11.5 Å². The molecule has 7 heteroatoms. The van der Waals surface area contributed by atoms with Crippen molar-refractivity contribution in [2.24, 2.45) is 10.2 Å². The summed E-state index contributed by atoms with van der Waals surface area (Å²) in [4.78, 5) is 10.2. The van der Waals surface area contributed by atoms with Crippen molar-refractivity contribution in [3.8, 4) is 11.5 Å². The number of rotatable bonds is 6. The molecular weight excluding hydrogens is 387 g/mol. The van der Waals surface area contributed by atoms with Crippen molar-refractivity contribution < 1.29 is 18.5 Å². The quantitative estimate of drug-likeness (QED) is 0.283. The summed E-state index contributed by atoms with van der Waals surface area (Å²) < 4.78 is 23.0. The standard InChI is InChI=1S/C22H17N2O4P/c25-29(26,28-22-12-6-8-17-7-4-5-11-21(17)22)27-20-15-13-19(14-16-20)24-23-18-9-2-1-3-10-18/h1-16H,(H,25,26). The highest BCUT2D eigenvalue weighted by molar-refractivity contribution is 7.48. The van der Waals surface area contributed by atoms with Gasteiger partial charge in [-0.3, -0.25) is 4.89 Å². The van der Waals surface area contributed by atoms with E-state index in [2.05, 4.69) is 10.2 Å². The van der Waals surface area contributed by atoms with Crippen LogP contribution in [-0.4, -0.2) is 4.89 Å². The Morgan fingerprint density at radius 1 is 0.655 bits per heavy atom. The number of benzene rings is 4. The smallest absolute Gasteiger partial charge is 0.395 e. The van der Waals surface area contributed by atoms with E-state index in [0.29, 0.717) is 5.69 Å². The predicted molar refractivity (Wildman–Crippen MR) is 112 cm³/mol. The zero-order chi connectivity index (χ0) is 20.1. The van der Waals surface area contributed by atoms with Crippen LogP contribution >= 0.6 is 7.82 Å². The SMILES string of the molecule is O=P(O)(Oc1ccc(N=Nc2ccccc2)cc1)Oc1cccc2ccccc12. The number of phosphoric acid groups is 1. The molecule has 1 N–H and O–H groups in total. The Morgan fingerprint density at radius 3 is 2.03 bits per heavy atom. The van der Waals surface area contributed by atoms with Crippen molar-refractivity contribution in [2.45, 2.75) is 0 Å². The first kappa shape index (κ1) is 18.9. The summed E-state index contributed by atoms with van der Waals surface area (Å²) in [5, 5.41) is 9.87. The van der Waals surface area contributed by atoms with E-state index in [0.717, 1.165) is 16.5 Å². The Morgan fingerprint density at radius 2 is 1.28 bits per heavy atom. The number of hydrogen-bond acceptors (Lipinski definition) is 5. The topological polar surface area (TPSA) is 80.5 Å². The molecule has 0 bridgehead atoms. The zero-order valence-electron chi connectivity index (χ0n) is 15.3. The molecule has 0 amide bonds. The van der Waals surface area contributed by atoms with Gasteiger partial charge in [-0.25, -0.2) is 4.57 Å². The summed E-state index contributed by atoms with van der Waals surface area (Å²) >= 11 is 0. The maximum Gasteiger partial charge on any atom is 0.584 e. The summed E-state index contributed by atoms with van der Waals surface area (Å²) in [5.74, 6) is 0.469. The fourth-order valence-corrected chi connectivity index (χ4v) is 3.57. The van der Waals surface area contributed by atoms with Crippen molar-refractivity contribution in [2.75, 3.05) is 0 Å². The molecule has 1 atom stereocenters. The van der Waals surface area contributed by atoms with Gasteiger partial charge < -0.3 is 9.05 Å². The molecular formula is C22H17N2O4P. The summed E-state index contributed by atoms with van der Waals surface area (Å²) in [6.45, 7) is 0. The third kappa shape index (κ3) is 4.88. The maximum absolute atomic E-state index is 12.5. The molecule has 0 radical (unpaired) electrons. The van der Waals surface area contributed by atoms with Crippen LogP contribution in [0.2, 0.25) is 0 Å². The van der Waals surface area contributed by atoms with Crippen LogP contribution in [0.15, 0.2) is 107 Å². The van der Waals surface area contributed by atoms with Gasteiger partial charge in [0.05, 0.1) is 11.4 Å². The van der Waals surface area contributed by atoms with Crippen molar-refractivity contribution in [1.82, 2.24) is 0 Å². The second kappa shape index (κ2) is 8.27. The molecule has 144 valence electrons. The minimum Gasteiger partial charge on any atom is -0.395 e. The van der Waals surface area contributed by atoms with Gasteiger partial charge in [0, 0.05) is 5.39 Å². The lowest BCUT2D eigenvalue weighted by atomic mass is 10.1. The first-order valence-corrected chi connectivity index (χ1v) is 10.4. The summed E-state index contributed by atoms with van der Waals surface area (Å²) in [6.07, 6.45) is 0. The molecule has 6 nitrogen and oxygen atoms in total. The molecule has 0 aromatic heterocycles. The third-order valence-electron chi connectivity index (χ3n) is 4.06. The summed E-state index contributed by atoms with van der Waals surface area (Å²) in [6, 6.07) is 28.4. The third-order valence-corrected chi connectivity index (χ3v) is 4.93. The van der Waals surface area contributed by atoms with Crippen molar-refractivity contribution in [1.29, 1.82) is 0 Å². The lowest BCUT2D eigenvalue weighted by Gasteiger charge is -2.15. The predicted octanol–water partition coefficient (Wildman–Crippen LogP) is 6.81. The van der Waals surface area contributed by atoms with Crippen LogP contribution in [0.5, 0.6) is 11.5 Å². The van der Waals surface area contributed by atoms with E-state index < -0.39 is 7.82 Å². The number of azo groups is 1. The van der Waals surface area contributed by atoms with Gasteiger partial charge in [0.25, 0.3) is 0 Å². The minimum absolute atomic E-state index is 0.190. The molecule has 0 saturated carbocycles. The van der Waals surface area contributed by atoms with E-state index in [1.807, 2.05) is 60.7 Å². The Bertz CT molecular complexity index is 1190. The first-order valence-electron chi connectivity index (χ1n) is 8.86. The van der Waals surface area contributed by atoms with Gasteiger partial charge in [-0.1, -0.05) is 54.6 Å². The van der Waals surface area contributed by atoms with Crippen molar-refractivity contribution in [3.05, 3.63) is 97.1 Å². The number of nitrogens with zero attached hydrogens (tertiary/aromatic N) is 2. The lowest BCUT2D eigenvalue weighted by Crippen LogP contribution is -2.00. The summed E-state index contributed by atoms with van der Waals surface area (Å²) in [5.41, 5.74) is 1.32. The molecule has 29 heavy (non-hydrogen) atoms. The molecule has 0 spiro atoms. The number of phosphoric ester groups is 1. The fraction of sp³-hybridized carbons (Fsp3) is 0. The first-order chi connectivity index (χ1) is 14.1. The van der Waals surface area contributed by atoms with Crippen molar-refractivity contribution >= 4 is 30.0 Å². The molecule has 0 heterocycles. The van der Waals surface area contributed by atoms with Gasteiger partial charge in [0.2, 0.25) is 0 Å². The Hall–Kier alpha value is -3.47. The normalized spacial score (nSPS) is 13.3. The second-order valence-corrected chi connectivity index (χ2v) is 7.46. The lowest BCUT2D eigenvalue weighted by molar-refractivity contribution is 0.292. The molecule has 0 aliphatic heterocycles. The molecule has 0 saturated heterocycles. The van der Waals surface area contributed by atoms with E-state index in [9.17, 15) is 9.46 Å². The molecule has 4 aromatic carbocycles. The minimum atomic E-state index is -4.37. The Kier molecular flexibility index (Phi) is 5.38. The van der Waals surface area contributed by atoms with E-state index in [1.165, 1.54) is 12.1 Å². The van der Waals surface area contributed by atoms with E-state index in [4.69, 9.17) is 9.05 Å². The Balaban J connectivity index is 1.46. The summed E-state index contributed by atoms with van der Waals surface area (Å²) in [7, 11) is -4.37. The largest absolute Gasteiger partial charge is 0.584 e. The van der Waals surface area contributed by atoms with Gasteiger partial charge in [-0.2, -0.15) is 10.2 Å². The van der Waals surface area contributed by atoms with Crippen LogP contribution < -0.4 is 9.05 Å². The number of hydrogen-bond donors (Lipinski definition) is 1. The highest BCUT2D eigenvalue weighted by Gasteiger charge is 2.26. The molecule has 4 aromatic rings. The van der Waals surface area contributed by atoms with Gasteiger partial charge in [-0.05, 0) is 47.9 Å². The van der Waals surface area contributed by atoms with E-state index in [1.54, 1.807) is 24.3 Å². The molecule has 0 fully saturated rings. The van der Waals surface area contributed by atoms with Gasteiger partial charge in [0.15, 0.2) is 0 Å². The fourth-order valence-electron chi connectivity index (χ4n) is 2.74. The molecule has 0 aliphatic carbocycles. The highest BCUT2D eigenvalue weighted by atomic mass is 31.2. The van der Waals surface area contributed by atoms with Gasteiger partial charge >= 0.3 is 7.82 Å². The van der Waals surface area contributed by atoms with Crippen LogP contribution in [-0.2, 0) is 4.57 Å². The Labute approximate surface area is 167 Å². The molecule has 0 aliphatic rings. The highest BCUT2D eigenvalue weighted by Crippen LogP contribution is 2.46. The van der Waals surface area contributed by atoms with Crippen LogP contribution in [0, 0.1) is 0 Å². The molecule has 1 unspecified atom stereocenters. The van der Waals surface area contributed by atoms with Crippen LogP contribution in [0.3, 0.4) is 0 Å². The zero-order valence-corrected chi connectivity index (χ0v) is 16.1. The van der Waals surface area contributed by atoms with Crippen LogP contribution in [0.4, 0.5) is 11.4 Å². The average Bonchev–Trinajstić information content (AvgIpc) is 2.74. The van der Waals surface area contributed by atoms with Crippen LogP contribution in [0.25, 0.3) is 10.8 Å². The van der Waals surface area contributed by atoms with Gasteiger partial charge in [-0.15, -0.1) is 0 Å². The van der Waals surface area contributed by atoms with E-state index >= 15 is 0 Å². The number of fused-ring (bicyclic) bond motifs is 1. The maximum atomic E-state index is 12.5. The molecule has 4 rings (SSSR count). The van der Waals surface area contributed by atoms with Crippen molar-refractivity contribution in [3.63, 3.8) is 0 Å². The van der Waals surface area contributed by atoms with Crippen LogP contribution in [0.1, 0.15) is 0 Å². The second-order valence-electron chi connectivity index (χ2n) is 6.16. The average molecular weight is 404 g/mol.